The van der Waals surface area contributed by atoms with Gasteiger partial charge in [-0.25, -0.2) is 0 Å². The summed E-state index contributed by atoms with van der Waals surface area (Å²) in [6.45, 7) is 2.54. The highest BCUT2D eigenvalue weighted by Gasteiger charge is 2.31. The van der Waals surface area contributed by atoms with E-state index in [-0.39, 0.29) is 18.4 Å². The smallest absolute Gasteiger partial charge is 0.305 e. The molecule has 2 heterocycles. The van der Waals surface area contributed by atoms with E-state index in [4.69, 9.17) is 9.84 Å². The molecule has 1 fully saturated rings. The fourth-order valence-corrected chi connectivity index (χ4v) is 5.16. The number of carbonyl (C=O) groups excluding carboxylic acids is 1. The molecular formula is C17H19NO4S2. The molecule has 0 saturated carbocycles. The van der Waals surface area contributed by atoms with Gasteiger partial charge in [0.25, 0.3) is 5.91 Å². The fraction of sp³-hybridized carbons (Fsp3) is 0.412. The van der Waals surface area contributed by atoms with Crippen LogP contribution in [0.25, 0.3) is 10.1 Å². The maximum Gasteiger partial charge on any atom is 0.305 e. The van der Waals surface area contributed by atoms with Gasteiger partial charge in [-0.1, -0.05) is 0 Å². The van der Waals surface area contributed by atoms with Crippen LogP contribution in [0.4, 0.5) is 0 Å². The van der Waals surface area contributed by atoms with Gasteiger partial charge in [-0.15, -0.1) is 11.3 Å². The first-order chi connectivity index (χ1) is 11.5. The number of amides is 1. The SMILES string of the molecule is COc1ccc2sc(C(=O)N3CCSCC3CC(=O)O)c(C)c2c1. The molecule has 1 unspecified atom stereocenters. The van der Waals surface area contributed by atoms with Gasteiger partial charge in [0.2, 0.25) is 0 Å². The molecule has 3 rings (SSSR count). The highest BCUT2D eigenvalue weighted by molar-refractivity contribution is 7.99. The molecule has 0 aliphatic carbocycles. The van der Waals surface area contributed by atoms with Crippen molar-refractivity contribution in [3.63, 3.8) is 0 Å². The number of carbonyl (C=O) groups is 2. The van der Waals surface area contributed by atoms with Crippen molar-refractivity contribution in [1.82, 2.24) is 4.90 Å². The number of ether oxygens (including phenoxy) is 1. The lowest BCUT2D eigenvalue weighted by atomic mass is 10.1. The summed E-state index contributed by atoms with van der Waals surface area (Å²) in [5.41, 5.74) is 0.936. The third kappa shape index (κ3) is 3.23. The van der Waals surface area contributed by atoms with Gasteiger partial charge in [0, 0.05) is 22.8 Å². The third-order valence-electron chi connectivity index (χ3n) is 4.24. The van der Waals surface area contributed by atoms with Crippen molar-refractivity contribution in [1.29, 1.82) is 0 Å². The standard InChI is InChI=1S/C17H19NO4S2/c1-10-13-8-12(22-2)3-4-14(13)24-16(10)17(21)18-5-6-23-9-11(18)7-15(19)20/h3-4,8,11H,5-7,9H2,1-2H3,(H,19,20). The molecule has 1 aliphatic heterocycles. The molecule has 1 amide bonds. The average Bonchev–Trinajstić information content (AvgIpc) is 2.90. The molecule has 5 nitrogen and oxygen atoms in total. The number of nitrogens with zero attached hydrogens (tertiary/aromatic N) is 1. The van der Waals surface area contributed by atoms with E-state index in [0.717, 1.165) is 27.2 Å². The second kappa shape index (κ2) is 7.03. The highest BCUT2D eigenvalue weighted by Crippen LogP contribution is 2.35. The second-order valence-electron chi connectivity index (χ2n) is 5.74. The predicted octanol–water partition coefficient (Wildman–Crippen LogP) is 3.25. The minimum Gasteiger partial charge on any atom is -0.497 e. The number of hydrogen-bond acceptors (Lipinski definition) is 5. The highest BCUT2D eigenvalue weighted by atomic mass is 32.2. The van der Waals surface area contributed by atoms with Crippen LogP contribution in [0.5, 0.6) is 5.75 Å². The predicted molar refractivity (Wildman–Crippen MR) is 97.5 cm³/mol. The monoisotopic (exact) mass is 365 g/mol. The topological polar surface area (TPSA) is 66.8 Å². The third-order valence-corrected chi connectivity index (χ3v) is 6.59. The van der Waals surface area contributed by atoms with Crippen molar-refractivity contribution in [2.24, 2.45) is 0 Å². The van der Waals surface area contributed by atoms with E-state index < -0.39 is 5.97 Å². The quantitative estimate of drug-likeness (QED) is 0.901. The maximum absolute atomic E-state index is 13.0. The van der Waals surface area contributed by atoms with Gasteiger partial charge in [-0.2, -0.15) is 11.8 Å². The van der Waals surface area contributed by atoms with Crippen molar-refractivity contribution in [2.45, 2.75) is 19.4 Å². The summed E-state index contributed by atoms with van der Waals surface area (Å²) in [4.78, 5) is 26.6. The van der Waals surface area contributed by atoms with Crippen molar-refractivity contribution in [3.8, 4) is 5.75 Å². The summed E-state index contributed by atoms with van der Waals surface area (Å²) in [6.07, 6.45) is -0.00347. The van der Waals surface area contributed by atoms with Gasteiger partial charge in [0.05, 0.1) is 24.4 Å². The van der Waals surface area contributed by atoms with Crippen LogP contribution in [-0.2, 0) is 4.79 Å². The largest absolute Gasteiger partial charge is 0.497 e. The second-order valence-corrected chi connectivity index (χ2v) is 7.95. The van der Waals surface area contributed by atoms with E-state index >= 15 is 0 Å². The molecule has 0 spiro atoms. The lowest BCUT2D eigenvalue weighted by molar-refractivity contribution is -0.138. The molecule has 0 radical (unpaired) electrons. The summed E-state index contributed by atoms with van der Waals surface area (Å²) >= 11 is 3.17. The Morgan fingerprint density at radius 2 is 2.21 bits per heavy atom. The van der Waals surface area contributed by atoms with Gasteiger partial charge >= 0.3 is 5.97 Å². The normalized spacial score (nSPS) is 17.9. The van der Waals surface area contributed by atoms with Crippen LogP contribution >= 0.6 is 23.1 Å². The molecule has 1 N–H and O–H groups in total. The Kier molecular flexibility index (Phi) is 5.01. The number of methoxy groups -OCH3 is 1. The summed E-state index contributed by atoms with van der Waals surface area (Å²) in [7, 11) is 1.62. The minimum atomic E-state index is -0.863. The Balaban J connectivity index is 1.94. The molecule has 1 saturated heterocycles. The Bertz CT molecular complexity index is 786. The minimum absolute atomic E-state index is 0.00347. The van der Waals surface area contributed by atoms with Crippen LogP contribution in [0.15, 0.2) is 18.2 Å². The van der Waals surface area contributed by atoms with Crippen LogP contribution in [-0.4, -0.2) is 53.1 Å². The van der Waals surface area contributed by atoms with E-state index in [1.54, 1.807) is 23.8 Å². The number of thioether (sulfide) groups is 1. The van der Waals surface area contributed by atoms with Crippen LogP contribution < -0.4 is 4.74 Å². The number of carboxylic acids is 1. The first-order valence-corrected chi connectivity index (χ1v) is 9.66. The van der Waals surface area contributed by atoms with E-state index in [0.29, 0.717) is 17.2 Å². The zero-order chi connectivity index (χ0) is 17.3. The first kappa shape index (κ1) is 17.1. The summed E-state index contributed by atoms with van der Waals surface area (Å²) < 4.78 is 6.31. The molecule has 1 aromatic heterocycles. The number of benzene rings is 1. The Hall–Kier alpha value is -1.73. The van der Waals surface area contributed by atoms with Crippen molar-refractivity contribution < 1.29 is 19.4 Å². The number of carboxylic acid groups (broad SMARTS) is 1. The summed E-state index contributed by atoms with van der Waals surface area (Å²) in [6, 6.07) is 5.55. The van der Waals surface area contributed by atoms with Gasteiger partial charge < -0.3 is 14.7 Å². The maximum atomic E-state index is 13.0. The van der Waals surface area contributed by atoms with Crippen LogP contribution in [0.2, 0.25) is 0 Å². The summed E-state index contributed by atoms with van der Waals surface area (Å²) in [5, 5.41) is 10.1. The Morgan fingerprint density at radius 3 is 2.92 bits per heavy atom. The van der Waals surface area contributed by atoms with Crippen molar-refractivity contribution in [3.05, 3.63) is 28.6 Å². The molecule has 128 valence electrons. The number of thiophene rings is 1. The molecule has 2 aromatic rings. The number of rotatable bonds is 4. The number of aliphatic carboxylic acids is 1. The van der Waals surface area contributed by atoms with E-state index in [1.165, 1.54) is 11.3 Å². The molecule has 1 aromatic carbocycles. The number of hydrogen-bond donors (Lipinski definition) is 1. The molecule has 24 heavy (non-hydrogen) atoms. The van der Waals surface area contributed by atoms with Crippen molar-refractivity contribution in [2.75, 3.05) is 25.2 Å². The zero-order valence-corrected chi connectivity index (χ0v) is 15.2. The zero-order valence-electron chi connectivity index (χ0n) is 13.6. The molecule has 0 bridgehead atoms. The van der Waals surface area contributed by atoms with E-state index in [2.05, 4.69) is 0 Å². The Morgan fingerprint density at radius 1 is 1.42 bits per heavy atom. The van der Waals surface area contributed by atoms with Crippen LogP contribution in [0.3, 0.4) is 0 Å². The molecule has 1 aliphatic rings. The lowest BCUT2D eigenvalue weighted by Gasteiger charge is -2.34. The Labute approximate surface area is 148 Å². The molecular weight excluding hydrogens is 346 g/mol. The molecule has 7 heteroatoms. The average molecular weight is 365 g/mol. The van der Waals surface area contributed by atoms with Gasteiger partial charge in [-0.3, -0.25) is 9.59 Å². The van der Waals surface area contributed by atoms with E-state index in [9.17, 15) is 9.59 Å². The molecule has 1 atom stereocenters. The van der Waals surface area contributed by atoms with Crippen LogP contribution in [0.1, 0.15) is 21.7 Å². The first-order valence-electron chi connectivity index (χ1n) is 7.69. The summed E-state index contributed by atoms with van der Waals surface area (Å²) in [5.74, 6) is 1.37. The van der Waals surface area contributed by atoms with Crippen molar-refractivity contribution >= 4 is 45.1 Å². The van der Waals surface area contributed by atoms with Gasteiger partial charge in [0.1, 0.15) is 5.75 Å². The van der Waals surface area contributed by atoms with Gasteiger partial charge in [-0.05, 0) is 36.1 Å². The number of aryl methyl sites for hydroxylation is 1. The van der Waals surface area contributed by atoms with Crippen LogP contribution in [0, 0.1) is 6.92 Å². The van der Waals surface area contributed by atoms with Gasteiger partial charge in [0.15, 0.2) is 0 Å². The fourth-order valence-electron chi connectivity index (χ4n) is 2.95. The van der Waals surface area contributed by atoms with E-state index in [1.807, 2.05) is 25.1 Å². The lowest BCUT2D eigenvalue weighted by Crippen LogP contribution is -2.47. The number of fused-ring (bicyclic) bond motifs is 1.